The molecule has 122 valence electrons. The number of furan rings is 1. The van der Waals surface area contributed by atoms with E-state index in [2.05, 4.69) is 5.32 Å². The Balaban J connectivity index is 1.81. The van der Waals surface area contributed by atoms with Crippen LogP contribution in [0.4, 0.5) is 0 Å². The fourth-order valence-electron chi connectivity index (χ4n) is 1.94. The van der Waals surface area contributed by atoms with Crippen molar-refractivity contribution in [3.05, 3.63) is 54.0 Å². The summed E-state index contributed by atoms with van der Waals surface area (Å²) in [5.74, 6) is 0.531. The predicted molar refractivity (Wildman–Crippen MR) is 83.2 cm³/mol. The van der Waals surface area contributed by atoms with Crippen molar-refractivity contribution in [2.45, 2.75) is 19.9 Å². The van der Waals surface area contributed by atoms with E-state index in [1.807, 2.05) is 6.92 Å². The van der Waals surface area contributed by atoms with Gasteiger partial charge in [0, 0.05) is 0 Å². The molecule has 0 unspecified atom stereocenters. The molecule has 1 heterocycles. The normalized spacial score (nSPS) is 11.6. The molecule has 0 aliphatic heterocycles. The molecule has 1 amide bonds. The number of nitrogens with one attached hydrogen (secondary N) is 1. The van der Waals surface area contributed by atoms with Gasteiger partial charge in [0.05, 0.1) is 24.5 Å². The molecule has 2 rings (SSSR count). The lowest BCUT2D eigenvalue weighted by Crippen LogP contribution is -2.31. The lowest BCUT2D eigenvalue weighted by Gasteiger charge is -2.12. The Morgan fingerprint density at radius 3 is 2.57 bits per heavy atom. The van der Waals surface area contributed by atoms with Gasteiger partial charge in [-0.05, 0) is 50.2 Å². The Morgan fingerprint density at radius 2 is 1.96 bits per heavy atom. The molecule has 0 bridgehead atoms. The number of rotatable bonds is 7. The molecule has 6 nitrogen and oxygen atoms in total. The van der Waals surface area contributed by atoms with E-state index >= 15 is 0 Å². The van der Waals surface area contributed by atoms with Gasteiger partial charge in [-0.3, -0.25) is 4.79 Å². The molecule has 6 heteroatoms. The maximum absolute atomic E-state index is 11.8. The van der Waals surface area contributed by atoms with Crippen LogP contribution in [0.3, 0.4) is 0 Å². The average molecular weight is 317 g/mol. The first-order chi connectivity index (χ1) is 11.1. The van der Waals surface area contributed by atoms with E-state index in [0.29, 0.717) is 23.7 Å². The number of esters is 1. The van der Waals surface area contributed by atoms with E-state index in [4.69, 9.17) is 13.9 Å². The molecule has 0 saturated heterocycles. The number of carbonyl (C=O) groups excluding carboxylic acids is 2. The monoisotopic (exact) mass is 317 g/mol. The Labute approximate surface area is 134 Å². The van der Waals surface area contributed by atoms with Gasteiger partial charge < -0.3 is 19.2 Å². The number of benzene rings is 1. The van der Waals surface area contributed by atoms with Crippen LogP contribution in [0, 0.1) is 0 Å². The summed E-state index contributed by atoms with van der Waals surface area (Å²) in [5.41, 5.74) is 0.440. The average Bonchev–Trinajstić information content (AvgIpc) is 3.08. The fraction of sp³-hybridized carbons (Fsp3) is 0.294. The van der Waals surface area contributed by atoms with Gasteiger partial charge in [0.25, 0.3) is 5.91 Å². The molecule has 1 atom stereocenters. The van der Waals surface area contributed by atoms with Crippen molar-refractivity contribution < 1.29 is 23.5 Å². The number of amides is 1. The lowest BCUT2D eigenvalue weighted by atomic mass is 10.2. The highest BCUT2D eigenvalue weighted by atomic mass is 16.5. The van der Waals surface area contributed by atoms with E-state index in [-0.39, 0.29) is 24.5 Å². The third-order valence-corrected chi connectivity index (χ3v) is 3.08. The van der Waals surface area contributed by atoms with Gasteiger partial charge in [0.15, 0.2) is 6.61 Å². The van der Waals surface area contributed by atoms with E-state index in [1.165, 1.54) is 0 Å². The summed E-state index contributed by atoms with van der Waals surface area (Å²) >= 11 is 0. The topological polar surface area (TPSA) is 77.8 Å². The SMILES string of the molecule is CCOC(=O)c1ccc(OCC(=O)N[C@H](C)c2ccco2)cc1. The Hall–Kier alpha value is -2.76. The van der Waals surface area contributed by atoms with Crippen molar-refractivity contribution in [1.29, 1.82) is 0 Å². The molecule has 0 spiro atoms. The highest BCUT2D eigenvalue weighted by Crippen LogP contribution is 2.14. The zero-order valence-corrected chi connectivity index (χ0v) is 13.1. The molecule has 2 aromatic rings. The van der Waals surface area contributed by atoms with Crippen molar-refractivity contribution in [1.82, 2.24) is 5.32 Å². The quantitative estimate of drug-likeness (QED) is 0.794. The Morgan fingerprint density at radius 1 is 1.22 bits per heavy atom. The van der Waals surface area contributed by atoms with E-state index in [0.717, 1.165) is 0 Å². The summed E-state index contributed by atoms with van der Waals surface area (Å²) in [6, 6.07) is 9.75. The molecule has 1 aromatic heterocycles. The van der Waals surface area contributed by atoms with Crippen LogP contribution >= 0.6 is 0 Å². The maximum atomic E-state index is 11.8. The summed E-state index contributed by atoms with van der Waals surface area (Å²) < 4.78 is 15.5. The van der Waals surface area contributed by atoms with Gasteiger partial charge >= 0.3 is 5.97 Å². The Bertz CT molecular complexity index is 634. The van der Waals surface area contributed by atoms with Crippen LogP contribution < -0.4 is 10.1 Å². The van der Waals surface area contributed by atoms with Crippen molar-refractivity contribution in [3.8, 4) is 5.75 Å². The highest BCUT2D eigenvalue weighted by molar-refractivity contribution is 5.89. The van der Waals surface area contributed by atoms with E-state index in [1.54, 1.807) is 49.6 Å². The fourth-order valence-corrected chi connectivity index (χ4v) is 1.94. The lowest BCUT2D eigenvalue weighted by molar-refractivity contribution is -0.123. The minimum atomic E-state index is -0.385. The van der Waals surface area contributed by atoms with Gasteiger partial charge in [-0.1, -0.05) is 0 Å². The summed E-state index contributed by atoms with van der Waals surface area (Å²) in [5, 5.41) is 2.77. The van der Waals surface area contributed by atoms with Crippen LogP contribution in [0.1, 0.15) is 36.0 Å². The molecule has 0 fully saturated rings. The number of carbonyl (C=O) groups is 2. The van der Waals surface area contributed by atoms with E-state index < -0.39 is 0 Å². The van der Waals surface area contributed by atoms with Crippen molar-refractivity contribution >= 4 is 11.9 Å². The van der Waals surface area contributed by atoms with Crippen LogP contribution in [0.2, 0.25) is 0 Å². The Kier molecular flexibility index (Phi) is 5.80. The van der Waals surface area contributed by atoms with Crippen LogP contribution in [0.15, 0.2) is 47.1 Å². The minimum Gasteiger partial charge on any atom is -0.484 e. The molecular weight excluding hydrogens is 298 g/mol. The first-order valence-electron chi connectivity index (χ1n) is 7.33. The predicted octanol–water partition coefficient (Wildman–Crippen LogP) is 2.71. The van der Waals surface area contributed by atoms with Crippen molar-refractivity contribution in [3.63, 3.8) is 0 Å². The van der Waals surface area contributed by atoms with Gasteiger partial charge in [-0.15, -0.1) is 0 Å². The molecule has 0 aliphatic carbocycles. The standard InChI is InChI=1S/C17H19NO5/c1-3-21-17(20)13-6-8-14(9-7-13)23-11-16(19)18-12(2)15-5-4-10-22-15/h4-10,12H,3,11H2,1-2H3,(H,18,19)/t12-/m1/s1. The van der Waals surface area contributed by atoms with Crippen molar-refractivity contribution in [2.24, 2.45) is 0 Å². The van der Waals surface area contributed by atoms with Crippen LogP contribution in [-0.4, -0.2) is 25.1 Å². The zero-order valence-electron chi connectivity index (χ0n) is 13.1. The highest BCUT2D eigenvalue weighted by Gasteiger charge is 2.12. The van der Waals surface area contributed by atoms with Gasteiger partial charge in [-0.2, -0.15) is 0 Å². The maximum Gasteiger partial charge on any atom is 0.338 e. The van der Waals surface area contributed by atoms with Crippen LogP contribution in [0.5, 0.6) is 5.75 Å². The first kappa shape index (κ1) is 16.6. The molecule has 0 aliphatic rings. The zero-order chi connectivity index (χ0) is 16.7. The summed E-state index contributed by atoms with van der Waals surface area (Å²) in [7, 11) is 0. The summed E-state index contributed by atoms with van der Waals surface area (Å²) in [6.07, 6.45) is 1.56. The second-order valence-corrected chi connectivity index (χ2v) is 4.84. The van der Waals surface area contributed by atoms with Crippen LogP contribution in [-0.2, 0) is 9.53 Å². The third kappa shape index (κ3) is 4.88. The first-order valence-corrected chi connectivity index (χ1v) is 7.33. The van der Waals surface area contributed by atoms with Gasteiger partial charge in [-0.25, -0.2) is 4.79 Å². The number of hydrogen-bond donors (Lipinski definition) is 1. The second-order valence-electron chi connectivity index (χ2n) is 4.84. The van der Waals surface area contributed by atoms with Crippen LogP contribution in [0.25, 0.3) is 0 Å². The molecule has 0 radical (unpaired) electrons. The molecule has 23 heavy (non-hydrogen) atoms. The van der Waals surface area contributed by atoms with Gasteiger partial charge in [0.1, 0.15) is 11.5 Å². The third-order valence-electron chi connectivity index (χ3n) is 3.08. The van der Waals surface area contributed by atoms with Crippen molar-refractivity contribution in [2.75, 3.05) is 13.2 Å². The molecule has 0 saturated carbocycles. The van der Waals surface area contributed by atoms with Gasteiger partial charge in [0.2, 0.25) is 0 Å². The largest absolute Gasteiger partial charge is 0.484 e. The number of hydrogen-bond acceptors (Lipinski definition) is 5. The summed E-state index contributed by atoms with van der Waals surface area (Å²) in [4.78, 5) is 23.4. The van der Waals surface area contributed by atoms with E-state index in [9.17, 15) is 9.59 Å². The molecular formula is C17H19NO5. The summed E-state index contributed by atoms with van der Waals surface area (Å²) in [6.45, 7) is 3.78. The number of ether oxygens (including phenoxy) is 2. The second kappa shape index (κ2) is 8.03. The minimum absolute atomic E-state index is 0.121. The molecule has 1 N–H and O–H groups in total. The molecule has 1 aromatic carbocycles. The smallest absolute Gasteiger partial charge is 0.338 e.